The number of H-pyrrole nitrogens is 1. The van der Waals surface area contributed by atoms with Gasteiger partial charge in [-0.2, -0.15) is 0 Å². The molecule has 2 N–H and O–H groups in total. The zero-order chi connectivity index (χ0) is 15.4. The minimum atomic E-state index is -0.505. The van der Waals surface area contributed by atoms with Crippen molar-refractivity contribution in [1.82, 2.24) is 9.97 Å². The third-order valence-corrected chi connectivity index (χ3v) is 3.29. The van der Waals surface area contributed by atoms with E-state index in [1.807, 2.05) is 12.1 Å². The van der Waals surface area contributed by atoms with E-state index in [0.717, 1.165) is 18.4 Å². The molecular weight excluding hydrogens is 282 g/mol. The Morgan fingerprint density at radius 2 is 2.23 bits per heavy atom. The third kappa shape index (κ3) is 3.41. The summed E-state index contributed by atoms with van der Waals surface area (Å²) in [5.74, 6) is -0.566. The molecule has 22 heavy (non-hydrogen) atoms. The zero-order valence-corrected chi connectivity index (χ0v) is 11.8. The second kappa shape index (κ2) is 6.26. The van der Waals surface area contributed by atoms with Crippen LogP contribution in [0.25, 0.3) is 11.1 Å². The van der Waals surface area contributed by atoms with Crippen molar-refractivity contribution >= 4 is 22.7 Å². The fourth-order valence-corrected chi connectivity index (χ4v) is 2.25. The lowest BCUT2D eigenvalue weighted by Crippen LogP contribution is -2.11. The van der Waals surface area contributed by atoms with Crippen LogP contribution in [0.5, 0.6) is 0 Å². The first-order valence-corrected chi connectivity index (χ1v) is 7.02. The van der Waals surface area contributed by atoms with Crippen LogP contribution in [0.15, 0.2) is 51.9 Å². The number of aromatic amines is 1. The molecule has 0 aliphatic heterocycles. The third-order valence-electron chi connectivity index (χ3n) is 3.29. The number of pyridine rings is 1. The number of hydrogen-bond acceptors (Lipinski definition) is 4. The van der Waals surface area contributed by atoms with Gasteiger partial charge in [0.05, 0.1) is 5.52 Å². The normalized spacial score (nSPS) is 10.7. The summed E-state index contributed by atoms with van der Waals surface area (Å²) in [5, 5.41) is 2.81. The second-order valence-electron chi connectivity index (χ2n) is 4.99. The molecule has 0 radical (unpaired) electrons. The number of carbonyl (C=O) groups excluding carboxylic acids is 1. The van der Waals surface area contributed by atoms with E-state index in [9.17, 15) is 9.59 Å². The maximum atomic E-state index is 11.9. The summed E-state index contributed by atoms with van der Waals surface area (Å²) in [5.41, 5.74) is 2.79. The molecule has 112 valence electrons. The Morgan fingerprint density at radius 1 is 1.32 bits per heavy atom. The van der Waals surface area contributed by atoms with Gasteiger partial charge in [-0.1, -0.05) is 6.07 Å². The lowest BCUT2D eigenvalue weighted by Gasteiger charge is -2.05. The molecule has 0 aliphatic rings. The van der Waals surface area contributed by atoms with Crippen molar-refractivity contribution < 1.29 is 9.21 Å². The van der Waals surface area contributed by atoms with Gasteiger partial charge < -0.3 is 9.73 Å². The molecular formula is C16H15N3O3. The number of oxazole rings is 1. The number of aryl methyl sites for hydroxylation is 1. The van der Waals surface area contributed by atoms with E-state index in [-0.39, 0.29) is 5.91 Å². The first-order chi connectivity index (χ1) is 10.7. The van der Waals surface area contributed by atoms with Crippen LogP contribution in [0.3, 0.4) is 0 Å². The Balaban J connectivity index is 1.55. The van der Waals surface area contributed by atoms with Crippen molar-refractivity contribution in [3.05, 3.63) is 58.8 Å². The number of benzene rings is 1. The van der Waals surface area contributed by atoms with Crippen LogP contribution in [-0.4, -0.2) is 15.9 Å². The molecule has 0 unspecified atom stereocenters. The maximum Gasteiger partial charge on any atom is 0.417 e. The van der Waals surface area contributed by atoms with Crippen molar-refractivity contribution in [3.8, 4) is 0 Å². The molecule has 3 rings (SSSR count). The van der Waals surface area contributed by atoms with Crippen molar-refractivity contribution in [2.75, 3.05) is 5.32 Å². The molecule has 0 saturated heterocycles. The number of aromatic nitrogens is 2. The number of amides is 1. The molecule has 0 spiro atoms. The second-order valence-corrected chi connectivity index (χ2v) is 4.99. The number of carbonyl (C=O) groups is 1. The quantitative estimate of drug-likeness (QED) is 0.757. The van der Waals surface area contributed by atoms with Crippen molar-refractivity contribution in [2.24, 2.45) is 0 Å². The number of hydrogen-bond donors (Lipinski definition) is 2. The van der Waals surface area contributed by atoms with E-state index >= 15 is 0 Å². The van der Waals surface area contributed by atoms with Gasteiger partial charge >= 0.3 is 5.76 Å². The highest BCUT2D eigenvalue weighted by atomic mass is 16.4. The molecule has 0 aliphatic carbocycles. The smallest absolute Gasteiger partial charge is 0.408 e. The van der Waals surface area contributed by atoms with Crippen LogP contribution >= 0.6 is 0 Å². The summed E-state index contributed by atoms with van der Waals surface area (Å²) in [6.07, 6.45) is 5.53. The van der Waals surface area contributed by atoms with Gasteiger partial charge in [0.25, 0.3) is 0 Å². The molecule has 3 aromatic rings. The first kappa shape index (κ1) is 14.1. The van der Waals surface area contributed by atoms with Gasteiger partial charge in [0.2, 0.25) is 5.91 Å². The molecule has 0 bridgehead atoms. The lowest BCUT2D eigenvalue weighted by molar-refractivity contribution is -0.116. The molecule has 2 aromatic heterocycles. The Morgan fingerprint density at radius 3 is 3.05 bits per heavy atom. The van der Waals surface area contributed by atoms with E-state index in [2.05, 4.69) is 15.3 Å². The first-order valence-electron chi connectivity index (χ1n) is 7.02. The largest absolute Gasteiger partial charge is 0.417 e. The summed E-state index contributed by atoms with van der Waals surface area (Å²) in [7, 11) is 0. The molecule has 6 nitrogen and oxygen atoms in total. The molecule has 0 atom stereocenters. The molecule has 0 fully saturated rings. The van der Waals surface area contributed by atoms with Crippen molar-refractivity contribution in [3.63, 3.8) is 0 Å². The fraction of sp³-hybridized carbons (Fsp3) is 0.188. The van der Waals surface area contributed by atoms with E-state index in [1.54, 1.807) is 30.6 Å². The highest BCUT2D eigenvalue weighted by Gasteiger charge is 2.06. The van der Waals surface area contributed by atoms with Crippen LogP contribution in [0.2, 0.25) is 0 Å². The number of rotatable bonds is 5. The molecule has 1 aromatic carbocycles. The van der Waals surface area contributed by atoms with Gasteiger partial charge in [0.15, 0.2) is 5.58 Å². The standard InChI is InChI=1S/C16H15N3O3/c20-15(5-1-3-11-4-2-8-17-10-11)18-12-6-7-14-13(9-12)19-16(21)22-14/h2,4,6-10H,1,3,5H2,(H,18,20)(H,19,21). The number of fused-ring (bicyclic) bond motifs is 1. The minimum absolute atomic E-state index is 0.0610. The Bertz CT molecular complexity index is 836. The van der Waals surface area contributed by atoms with Gasteiger partial charge in [0.1, 0.15) is 0 Å². The van der Waals surface area contributed by atoms with Gasteiger partial charge in [-0.3, -0.25) is 14.8 Å². The van der Waals surface area contributed by atoms with Gasteiger partial charge in [-0.15, -0.1) is 0 Å². The average Bonchev–Trinajstić information content (AvgIpc) is 2.87. The Labute approximate surface area is 126 Å². The predicted octanol–water partition coefficient (Wildman–Crippen LogP) is 2.48. The minimum Gasteiger partial charge on any atom is -0.408 e. The maximum absolute atomic E-state index is 11.9. The number of nitrogens with one attached hydrogen (secondary N) is 2. The van der Waals surface area contributed by atoms with Gasteiger partial charge in [-0.25, -0.2) is 4.79 Å². The summed E-state index contributed by atoms with van der Waals surface area (Å²) in [6.45, 7) is 0. The van der Waals surface area contributed by atoms with Crippen LogP contribution in [-0.2, 0) is 11.2 Å². The predicted molar refractivity (Wildman–Crippen MR) is 82.6 cm³/mol. The number of nitrogens with zero attached hydrogens (tertiary/aromatic N) is 1. The molecule has 1 amide bonds. The zero-order valence-electron chi connectivity index (χ0n) is 11.8. The van der Waals surface area contributed by atoms with Gasteiger partial charge in [-0.05, 0) is 42.7 Å². The molecule has 0 saturated carbocycles. The van der Waals surface area contributed by atoms with Gasteiger partial charge in [0, 0.05) is 24.5 Å². The topological polar surface area (TPSA) is 88.0 Å². The lowest BCUT2D eigenvalue weighted by atomic mass is 10.1. The Hall–Kier alpha value is -2.89. The monoisotopic (exact) mass is 297 g/mol. The highest BCUT2D eigenvalue weighted by molar-refractivity contribution is 5.92. The van der Waals surface area contributed by atoms with Crippen LogP contribution < -0.4 is 11.1 Å². The summed E-state index contributed by atoms with van der Waals surface area (Å²) in [4.78, 5) is 29.6. The van der Waals surface area contributed by atoms with Crippen molar-refractivity contribution in [2.45, 2.75) is 19.3 Å². The molecule has 2 heterocycles. The van der Waals surface area contributed by atoms with E-state index in [4.69, 9.17) is 4.42 Å². The van der Waals surface area contributed by atoms with Crippen LogP contribution in [0.1, 0.15) is 18.4 Å². The van der Waals surface area contributed by atoms with Crippen molar-refractivity contribution in [1.29, 1.82) is 0 Å². The number of anilines is 1. The van der Waals surface area contributed by atoms with Crippen LogP contribution in [0, 0.1) is 0 Å². The Kier molecular flexibility index (Phi) is 4.00. The fourth-order valence-electron chi connectivity index (χ4n) is 2.25. The van der Waals surface area contributed by atoms with Crippen LogP contribution in [0.4, 0.5) is 5.69 Å². The van der Waals surface area contributed by atoms with E-state index in [1.165, 1.54) is 0 Å². The average molecular weight is 297 g/mol. The summed E-state index contributed by atoms with van der Waals surface area (Å²) < 4.78 is 4.91. The van der Waals surface area contributed by atoms with E-state index in [0.29, 0.717) is 23.2 Å². The summed E-state index contributed by atoms with van der Waals surface area (Å²) in [6, 6.07) is 8.92. The highest BCUT2D eigenvalue weighted by Crippen LogP contribution is 2.16. The molecule has 6 heteroatoms. The summed E-state index contributed by atoms with van der Waals surface area (Å²) >= 11 is 0. The SMILES string of the molecule is O=C(CCCc1cccnc1)Nc1ccc2oc(=O)[nH]c2c1. The van der Waals surface area contributed by atoms with E-state index < -0.39 is 5.76 Å².